The average molecular weight is 389 g/mol. The molecule has 1 amide bonds. The molecule has 29 heavy (non-hydrogen) atoms. The third kappa shape index (κ3) is 3.40. The highest BCUT2D eigenvalue weighted by atomic mass is 16.5. The van der Waals surface area contributed by atoms with E-state index in [1.165, 1.54) is 11.1 Å². The van der Waals surface area contributed by atoms with E-state index >= 15 is 0 Å². The van der Waals surface area contributed by atoms with Gasteiger partial charge in [-0.3, -0.25) is 4.79 Å². The molecule has 3 aromatic rings. The van der Waals surface area contributed by atoms with Gasteiger partial charge in [0, 0.05) is 30.2 Å². The summed E-state index contributed by atoms with van der Waals surface area (Å²) >= 11 is 0. The minimum atomic E-state index is -0.325. The van der Waals surface area contributed by atoms with Gasteiger partial charge < -0.3 is 20.4 Å². The molecule has 1 aliphatic heterocycles. The van der Waals surface area contributed by atoms with Gasteiger partial charge in [-0.2, -0.15) is 0 Å². The van der Waals surface area contributed by atoms with Crippen LogP contribution < -0.4 is 15.4 Å². The van der Waals surface area contributed by atoms with Crippen LogP contribution in [0.2, 0.25) is 0 Å². The Hall–Kier alpha value is -2.79. The number of rotatable bonds is 5. The number of anilines is 1. The van der Waals surface area contributed by atoms with Crippen LogP contribution in [-0.4, -0.2) is 30.1 Å². The summed E-state index contributed by atoms with van der Waals surface area (Å²) in [6.07, 6.45) is 4.20. The number of aryl methyl sites for hydroxylation is 1. The van der Waals surface area contributed by atoms with E-state index < -0.39 is 0 Å². The lowest BCUT2D eigenvalue weighted by Crippen LogP contribution is -2.57. The summed E-state index contributed by atoms with van der Waals surface area (Å²) in [6.45, 7) is 5.55. The van der Waals surface area contributed by atoms with E-state index in [9.17, 15) is 4.79 Å². The van der Waals surface area contributed by atoms with E-state index in [0.717, 1.165) is 48.3 Å². The summed E-state index contributed by atoms with van der Waals surface area (Å²) in [5.74, 6) is 1.50. The first kappa shape index (κ1) is 18.3. The van der Waals surface area contributed by atoms with Crippen LogP contribution in [0, 0.1) is 12.3 Å². The SMILES string of the molecule is Cc1ccc(C2CC(Oc3ccc4[nH]cc(NC(=O)C5(C)CNC5)c4c3)C2)cc1. The van der Waals surface area contributed by atoms with Crippen molar-refractivity contribution in [1.82, 2.24) is 10.3 Å². The van der Waals surface area contributed by atoms with Crippen LogP contribution >= 0.6 is 0 Å². The molecule has 5 heteroatoms. The van der Waals surface area contributed by atoms with Crippen molar-refractivity contribution < 1.29 is 9.53 Å². The van der Waals surface area contributed by atoms with Gasteiger partial charge in [-0.05, 0) is 56.4 Å². The topological polar surface area (TPSA) is 66.1 Å². The number of aromatic amines is 1. The minimum absolute atomic E-state index is 0.0587. The van der Waals surface area contributed by atoms with E-state index in [-0.39, 0.29) is 17.4 Å². The second-order valence-electron chi connectivity index (χ2n) is 8.85. The van der Waals surface area contributed by atoms with Gasteiger partial charge in [0.15, 0.2) is 0 Å². The second kappa shape index (κ2) is 6.92. The number of H-pyrrole nitrogens is 1. The van der Waals surface area contributed by atoms with Crippen LogP contribution in [0.5, 0.6) is 5.75 Å². The standard InChI is InChI=1S/C24H27N3O2/c1-15-3-5-16(6-4-15)17-9-19(10-17)29-18-7-8-21-20(11-18)22(12-26-21)27-23(28)24(2)13-25-14-24/h3-8,11-12,17,19,25-26H,9-10,13-14H2,1-2H3,(H,27,28). The molecule has 0 bridgehead atoms. The maximum absolute atomic E-state index is 12.6. The number of fused-ring (bicyclic) bond motifs is 1. The largest absolute Gasteiger partial charge is 0.490 e. The Morgan fingerprint density at radius 3 is 2.59 bits per heavy atom. The number of carbonyl (C=O) groups is 1. The molecule has 3 N–H and O–H groups in total. The third-order valence-electron chi connectivity index (χ3n) is 6.43. The molecule has 2 fully saturated rings. The Bertz CT molecular complexity index is 1040. The highest BCUT2D eigenvalue weighted by Crippen LogP contribution is 2.40. The third-order valence-corrected chi connectivity index (χ3v) is 6.43. The Kier molecular flexibility index (Phi) is 4.36. The number of aromatic nitrogens is 1. The van der Waals surface area contributed by atoms with Crippen molar-refractivity contribution in [3.05, 3.63) is 59.8 Å². The van der Waals surface area contributed by atoms with Gasteiger partial charge in [0.25, 0.3) is 0 Å². The highest BCUT2D eigenvalue weighted by Gasteiger charge is 2.39. The molecular weight excluding hydrogens is 362 g/mol. The second-order valence-corrected chi connectivity index (χ2v) is 8.85. The van der Waals surface area contributed by atoms with Crippen LogP contribution in [0.25, 0.3) is 10.9 Å². The maximum atomic E-state index is 12.6. The number of hydrogen-bond donors (Lipinski definition) is 3. The van der Waals surface area contributed by atoms with Gasteiger partial charge in [-0.15, -0.1) is 0 Å². The van der Waals surface area contributed by atoms with Gasteiger partial charge >= 0.3 is 0 Å². The number of ether oxygens (including phenoxy) is 1. The first-order valence-electron chi connectivity index (χ1n) is 10.4. The zero-order valence-electron chi connectivity index (χ0n) is 16.9. The molecule has 2 heterocycles. The van der Waals surface area contributed by atoms with Crippen molar-refractivity contribution in [2.75, 3.05) is 18.4 Å². The molecule has 0 unspecified atom stereocenters. The molecule has 2 aliphatic rings. The molecule has 1 saturated heterocycles. The molecule has 0 spiro atoms. The number of hydrogen-bond acceptors (Lipinski definition) is 3. The summed E-state index contributed by atoms with van der Waals surface area (Å²) in [7, 11) is 0. The molecule has 2 aromatic carbocycles. The van der Waals surface area contributed by atoms with E-state index in [0.29, 0.717) is 5.92 Å². The van der Waals surface area contributed by atoms with Crippen LogP contribution in [0.1, 0.15) is 36.8 Å². The lowest BCUT2D eigenvalue weighted by molar-refractivity contribution is -0.127. The molecule has 5 nitrogen and oxygen atoms in total. The zero-order valence-corrected chi connectivity index (χ0v) is 16.9. The van der Waals surface area contributed by atoms with E-state index in [1.54, 1.807) is 0 Å². The normalized spacial score (nSPS) is 22.6. The fraction of sp³-hybridized carbons (Fsp3) is 0.375. The first-order valence-corrected chi connectivity index (χ1v) is 10.4. The average Bonchev–Trinajstić information content (AvgIpc) is 3.05. The van der Waals surface area contributed by atoms with Crippen molar-refractivity contribution in [3.8, 4) is 5.75 Å². The van der Waals surface area contributed by atoms with Crippen molar-refractivity contribution >= 4 is 22.5 Å². The molecule has 1 aromatic heterocycles. The van der Waals surface area contributed by atoms with Crippen molar-refractivity contribution in [3.63, 3.8) is 0 Å². The Labute approximate surface area is 170 Å². The lowest BCUT2D eigenvalue weighted by Gasteiger charge is -2.37. The summed E-state index contributed by atoms with van der Waals surface area (Å²) < 4.78 is 6.23. The maximum Gasteiger partial charge on any atom is 0.232 e. The van der Waals surface area contributed by atoms with Crippen molar-refractivity contribution in [1.29, 1.82) is 0 Å². The monoisotopic (exact) mass is 389 g/mol. The van der Waals surface area contributed by atoms with Crippen LogP contribution in [0.4, 0.5) is 5.69 Å². The fourth-order valence-corrected chi connectivity index (χ4v) is 4.18. The van der Waals surface area contributed by atoms with Gasteiger partial charge in [0.05, 0.1) is 17.2 Å². The van der Waals surface area contributed by atoms with Gasteiger partial charge in [0.2, 0.25) is 5.91 Å². The molecule has 1 saturated carbocycles. The Balaban J connectivity index is 1.25. The lowest BCUT2D eigenvalue weighted by atomic mass is 9.77. The van der Waals surface area contributed by atoms with Gasteiger partial charge in [-0.25, -0.2) is 0 Å². The number of benzene rings is 2. The minimum Gasteiger partial charge on any atom is -0.490 e. The van der Waals surface area contributed by atoms with Crippen molar-refractivity contribution in [2.45, 2.75) is 38.7 Å². The first-order chi connectivity index (χ1) is 14.0. The Morgan fingerprint density at radius 1 is 1.14 bits per heavy atom. The summed E-state index contributed by atoms with van der Waals surface area (Å²) in [5, 5.41) is 7.24. The number of carbonyl (C=O) groups excluding carboxylic acids is 1. The predicted molar refractivity (Wildman–Crippen MR) is 115 cm³/mol. The van der Waals surface area contributed by atoms with E-state index in [2.05, 4.69) is 46.8 Å². The summed E-state index contributed by atoms with van der Waals surface area (Å²) in [6, 6.07) is 14.9. The van der Waals surface area contributed by atoms with Gasteiger partial charge in [0.1, 0.15) is 5.75 Å². The molecule has 5 rings (SSSR count). The number of amides is 1. The fourth-order valence-electron chi connectivity index (χ4n) is 4.18. The molecule has 1 aliphatic carbocycles. The van der Waals surface area contributed by atoms with E-state index in [4.69, 9.17) is 4.74 Å². The van der Waals surface area contributed by atoms with Crippen molar-refractivity contribution in [2.24, 2.45) is 5.41 Å². The van der Waals surface area contributed by atoms with Crippen LogP contribution in [0.3, 0.4) is 0 Å². The molecule has 0 radical (unpaired) electrons. The van der Waals surface area contributed by atoms with Crippen LogP contribution in [0.15, 0.2) is 48.7 Å². The number of nitrogens with one attached hydrogen (secondary N) is 3. The quantitative estimate of drug-likeness (QED) is 0.608. The Morgan fingerprint density at radius 2 is 1.90 bits per heavy atom. The van der Waals surface area contributed by atoms with E-state index in [1.807, 2.05) is 31.3 Å². The summed E-state index contributed by atoms with van der Waals surface area (Å²) in [4.78, 5) is 15.8. The highest BCUT2D eigenvalue weighted by molar-refractivity contribution is 6.04. The molecule has 150 valence electrons. The zero-order chi connectivity index (χ0) is 20.0. The predicted octanol–water partition coefficient (Wildman–Crippen LogP) is 4.35. The van der Waals surface area contributed by atoms with Crippen LogP contribution in [-0.2, 0) is 4.79 Å². The summed E-state index contributed by atoms with van der Waals surface area (Å²) in [5.41, 5.74) is 4.19. The molecular formula is C24H27N3O2. The molecule has 0 atom stereocenters. The van der Waals surface area contributed by atoms with Gasteiger partial charge in [-0.1, -0.05) is 29.8 Å². The smallest absolute Gasteiger partial charge is 0.232 e.